The Morgan fingerprint density at radius 1 is 0.352 bits per heavy atom. The van der Waals surface area contributed by atoms with Gasteiger partial charge in [0.25, 0.3) is 0 Å². The first-order chi connectivity index (χ1) is 68.9. The van der Waals surface area contributed by atoms with Crippen LogP contribution in [0.2, 0.25) is 5.02 Å². The lowest BCUT2D eigenvalue weighted by atomic mass is 9.80. The third-order valence-corrected chi connectivity index (χ3v) is 22.1. The topological polar surface area (TPSA) is 211 Å². The fourth-order valence-electron chi connectivity index (χ4n) is 14.9. The van der Waals surface area contributed by atoms with Gasteiger partial charge in [0.1, 0.15) is 37.8 Å². The normalized spacial score (nSPS) is 10.4. The molecule has 2 aromatic heterocycles. The summed E-state index contributed by atoms with van der Waals surface area (Å²) in [5.41, 5.74) is 13.7. The molecule has 0 saturated carbocycles. The van der Waals surface area contributed by atoms with Crippen LogP contribution < -0.4 is 15.6 Å². The van der Waals surface area contributed by atoms with E-state index in [9.17, 15) is 38.4 Å². The van der Waals surface area contributed by atoms with E-state index >= 15 is 0 Å². The number of esters is 6. The number of hydrogen-bond acceptors (Lipinski definition) is 15. The van der Waals surface area contributed by atoms with Crippen molar-refractivity contribution in [3.63, 3.8) is 0 Å². The van der Waals surface area contributed by atoms with Gasteiger partial charge in [-0.25, -0.2) is 24.0 Å². The molecule has 0 aliphatic rings. The maximum absolute atomic E-state index is 12.6. The number of aromatic nitrogens is 2. The number of halogens is 1. The van der Waals surface area contributed by atoms with Crippen LogP contribution in [0.5, 0.6) is 5.75 Å². The Balaban J connectivity index is 0.000000171. The zero-order chi connectivity index (χ0) is 101. The first-order valence-corrected chi connectivity index (χ1v) is 46.6. The summed E-state index contributed by atoms with van der Waals surface area (Å²) in [7, 11) is 0. The highest BCUT2D eigenvalue weighted by atomic mass is 35.5. The van der Waals surface area contributed by atoms with Gasteiger partial charge in [0, 0.05) is 74.3 Å². The first kappa shape index (κ1) is 107. The van der Waals surface area contributed by atoms with E-state index in [1.165, 1.54) is 40.5 Å². The van der Waals surface area contributed by atoms with Gasteiger partial charge in [-0.1, -0.05) is 385 Å². The number of fused-ring (bicyclic) bond motifs is 6. The zero-order valence-corrected chi connectivity index (χ0v) is 81.2. The van der Waals surface area contributed by atoms with Crippen LogP contribution in [-0.2, 0) is 82.3 Å². The molecular weight excluding hydrogens is 1790 g/mol. The summed E-state index contributed by atoms with van der Waals surface area (Å²) in [6.45, 7) is 32.0. The van der Waals surface area contributed by atoms with Crippen LogP contribution in [0.3, 0.4) is 0 Å². The molecule has 17 aromatic rings. The molecular formula is C124H115ClN2O15. The van der Waals surface area contributed by atoms with Crippen molar-refractivity contribution in [1.82, 2.24) is 9.13 Å². The lowest BCUT2D eigenvalue weighted by molar-refractivity contribution is -0.146. The summed E-state index contributed by atoms with van der Waals surface area (Å²) in [6.07, 6.45) is 9.66. The molecule has 142 heavy (non-hydrogen) atoms. The largest absolute Gasteiger partial charge is 0.466 e. The highest BCUT2D eigenvalue weighted by Gasteiger charge is 2.37. The molecule has 0 fully saturated rings. The quantitative estimate of drug-likeness (QED) is 0.00849. The van der Waals surface area contributed by atoms with Gasteiger partial charge in [0.05, 0.1) is 41.8 Å². The van der Waals surface area contributed by atoms with E-state index in [1.807, 2.05) is 320 Å². The highest BCUT2D eigenvalue weighted by molar-refractivity contribution is 6.31. The van der Waals surface area contributed by atoms with Gasteiger partial charge in [-0.15, -0.1) is 0 Å². The van der Waals surface area contributed by atoms with Crippen molar-refractivity contribution in [3.05, 3.63) is 515 Å². The standard InChI is InChI=1S/C25H24O3.C21H20O4.C19H17NO3.C15H12ClNO.C15H16O2.C13H10O2.2C8H8/c1-20(2)24(26)27-18-19-28-25(21-12-6-3-7-13-21,22-14-8-4-9-15-22)23-16-10-5-11-17-23;1-16(2)21(23)25-15-14-24-20(22)13-10-17-8-11-19(12-9-17)18-6-4-3-5-7-18;1-13(2)19(22)23-12-11-20-16-9-5-3-7-14(16)18(21)15-8-4-6-10-17(15)20;1-2-17-13-6-4-3-5-11(13)15(18)12-9-10(16)7-8-14(12)17;1-12(16)17-10-4-5-13-8-9-14-6-2-3-7-15(14)11-13;1-2-13(14)15-12-9-5-7-10-6-3-4-8-11(10)12;2*1-2-8-6-4-3-5-7-8/h3-17H,1,18-19H2,2H3;3-13H,1,14-15H2,2H3;3-10H,1,11-12H2,2H3;3-9H,2H2,1H3;2-3,6-9,11H,4-5,10H2,1H3;2-9H,1H2;2*2-7H,1H2/b;13-10+;;;;;;. The first-order valence-electron chi connectivity index (χ1n) is 46.2. The molecule has 718 valence electrons. The number of hydrogen-bond donors (Lipinski definition) is 0. The molecule has 0 N–H and O–H groups in total. The SMILES string of the molecule is C=C(C)C(=O)OCCOC(=O)/C=C/c1ccc(-c2ccccc2)cc1.C=C(C)C(=O)OCCOC(c1ccccc1)(c1ccccc1)c1ccccc1.C=C(C)C(=O)OCCn1c2ccccc2c(=O)c2ccccc21.C=CC(=O)Oc1cccc2ccccc12.C=Cc1ccccc1.C=Cc1ccccc1.CC(=O)OCCCc1ccc2ccccc2c1.CCn1c2ccccc2c(=O)c2cc(Cl)ccc21. The smallest absolute Gasteiger partial charge is 0.335 e. The van der Waals surface area contributed by atoms with E-state index in [-0.39, 0.29) is 49.9 Å². The third kappa shape index (κ3) is 32.1. The summed E-state index contributed by atoms with van der Waals surface area (Å²) in [6, 6.07) is 125. The van der Waals surface area contributed by atoms with Crippen LogP contribution in [0.15, 0.2) is 460 Å². The Labute approximate surface area is 834 Å². The van der Waals surface area contributed by atoms with E-state index in [0.717, 1.165) is 97.1 Å². The zero-order valence-electron chi connectivity index (χ0n) is 80.5. The van der Waals surface area contributed by atoms with Gasteiger partial charge in [-0.3, -0.25) is 14.4 Å². The van der Waals surface area contributed by atoms with Crippen LogP contribution in [0, 0.1) is 0 Å². The van der Waals surface area contributed by atoms with Gasteiger partial charge in [-0.2, -0.15) is 0 Å². The van der Waals surface area contributed by atoms with Gasteiger partial charge in [0.15, 0.2) is 10.9 Å². The average Bonchev–Trinajstić information content (AvgIpc) is 0.764. The molecule has 15 aromatic carbocycles. The fraction of sp³-hybridized carbons (Fsp3) is 0.129. The Morgan fingerprint density at radius 3 is 1.24 bits per heavy atom. The molecule has 18 heteroatoms. The lowest BCUT2D eigenvalue weighted by Gasteiger charge is -2.35. The molecule has 17 rings (SSSR count). The molecule has 2 heterocycles. The van der Waals surface area contributed by atoms with Crippen LogP contribution in [0.4, 0.5) is 0 Å². The maximum Gasteiger partial charge on any atom is 0.335 e. The molecule has 0 bridgehead atoms. The van der Waals surface area contributed by atoms with Crippen molar-refractivity contribution in [1.29, 1.82) is 0 Å². The highest BCUT2D eigenvalue weighted by Crippen LogP contribution is 2.41. The predicted molar refractivity (Wildman–Crippen MR) is 578 cm³/mol. The number of carbonyl (C=O) groups excluding carboxylic acids is 6. The minimum Gasteiger partial charge on any atom is -0.466 e. The Hall–Kier alpha value is -17.0. The minimum absolute atomic E-state index is 0.00907. The van der Waals surface area contributed by atoms with E-state index in [1.54, 1.807) is 39.0 Å². The third-order valence-electron chi connectivity index (χ3n) is 21.8. The van der Waals surface area contributed by atoms with Crippen molar-refractivity contribution in [2.24, 2.45) is 0 Å². The Morgan fingerprint density at radius 2 is 0.761 bits per heavy atom. The number of para-hydroxylation sites is 3. The van der Waals surface area contributed by atoms with Gasteiger partial charge < -0.3 is 42.3 Å². The minimum atomic E-state index is -0.806. The molecule has 0 atom stereocenters. The van der Waals surface area contributed by atoms with Crippen LogP contribution in [0.25, 0.3) is 94.5 Å². The molecule has 0 aliphatic heterocycles. The van der Waals surface area contributed by atoms with Crippen molar-refractivity contribution in [3.8, 4) is 16.9 Å². The van der Waals surface area contributed by atoms with E-state index in [4.69, 9.17) is 44.8 Å². The van der Waals surface area contributed by atoms with Crippen molar-refractivity contribution >= 4 is 131 Å². The molecule has 0 aliphatic carbocycles. The number of aryl methyl sites for hydroxylation is 2. The monoisotopic (exact) mass is 1910 g/mol. The van der Waals surface area contributed by atoms with Crippen molar-refractivity contribution < 1.29 is 61.9 Å². The molecule has 17 nitrogen and oxygen atoms in total. The summed E-state index contributed by atoms with van der Waals surface area (Å²) >= 11 is 5.99. The summed E-state index contributed by atoms with van der Waals surface area (Å²) in [4.78, 5) is 92.7. The van der Waals surface area contributed by atoms with Gasteiger partial charge in [0.2, 0.25) is 0 Å². The molecule has 0 spiro atoms. The van der Waals surface area contributed by atoms with Gasteiger partial charge in [-0.05, 0) is 174 Å². The van der Waals surface area contributed by atoms with Crippen LogP contribution in [-0.4, -0.2) is 84.6 Å². The van der Waals surface area contributed by atoms with Crippen LogP contribution in [0.1, 0.15) is 80.0 Å². The molecule has 0 saturated heterocycles. The summed E-state index contributed by atoms with van der Waals surface area (Å²) in [5, 5.41) is 7.85. The summed E-state index contributed by atoms with van der Waals surface area (Å²) < 4.78 is 40.9. The van der Waals surface area contributed by atoms with Gasteiger partial charge >= 0.3 is 35.8 Å². The average molecular weight is 1910 g/mol. The number of nitrogens with zero attached hydrogens (tertiary/aromatic N) is 2. The second-order valence-corrected chi connectivity index (χ2v) is 32.5. The van der Waals surface area contributed by atoms with E-state index in [0.29, 0.717) is 56.8 Å². The number of carbonyl (C=O) groups is 6. The number of pyridine rings is 2. The second-order valence-electron chi connectivity index (χ2n) is 32.1. The molecule has 0 amide bonds. The Kier molecular flexibility index (Phi) is 42.7. The second kappa shape index (κ2) is 56.6. The van der Waals surface area contributed by atoms with E-state index in [2.05, 4.69) is 118 Å². The maximum atomic E-state index is 12.6. The molecule has 0 radical (unpaired) electrons. The Bertz CT molecular complexity index is 7100. The lowest BCUT2D eigenvalue weighted by Crippen LogP contribution is -2.34. The number of ether oxygens (including phenoxy) is 7. The van der Waals surface area contributed by atoms with Crippen molar-refractivity contribution in [2.45, 2.75) is 66.2 Å². The van der Waals surface area contributed by atoms with E-state index < -0.39 is 35.4 Å². The summed E-state index contributed by atoms with van der Waals surface area (Å²) in [5.74, 6) is -1.87. The molecule has 0 unspecified atom stereocenters. The number of benzene rings is 15. The number of rotatable bonds is 28. The van der Waals surface area contributed by atoms with Crippen molar-refractivity contribution in [2.75, 3.05) is 39.6 Å². The van der Waals surface area contributed by atoms with Crippen LogP contribution >= 0.6 is 11.6 Å². The fourth-order valence-corrected chi connectivity index (χ4v) is 15.0. The predicted octanol–water partition coefficient (Wildman–Crippen LogP) is 27.2.